The third-order valence-electron chi connectivity index (χ3n) is 6.31. The van der Waals surface area contributed by atoms with Crippen LogP contribution in [0.4, 0.5) is 0 Å². The van der Waals surface area contributed by atoms with Gasteiger partial charge in [0.05, 0.1) is 28.2 Å². The Hall–Kier alpha value is -2.91. The highest BCUT2D eigenvalue weighted by molar-refractivity contribution is 7.13. The predicted molar refractivity (Wildman–Crippen MR) is 128 cm³/mol. The Morgan fingerprint density at radius 2 is 1.97 bits per heavy atom. The third kappa shape index (κ3) is 5.10. The molecule has 1 aliphatic rings. The second-order valence-electron chi connectivity index (χ2n) is 9.22. The lowest BCUT2D eigenvalue weighted by atomic mass is 9.92. The Kier molecular flexibility index (Phi) is 7.23. The first kappa shape index (κ1) is 24.2. The molecule has 180 valence electrons. The molecule has 0 spiro atoms. The summed E-state index contributed by atoms with van der Waals surface area (Å²) in [5, 5.41) is 14.2. The fraction of sp³-hybridized carbons (Fsp3) is 0.480. The lowest BCUT2D eigenvalue weighted by Gasteiger charge is -2.28. The minimum Gasteiger partial charge on any atom is -0.391 e. The van der Waals surface area contributed by atoms with Crippen LogP contribution in [0.1, 0.15) is 55.6 Å². The number of Topliss-reactive ketones (excluding diaryl/α,β-unsaturated/α-hetero) is 1. The van der Waals surface area contributed by atoms with Crippen molar-refractivity contribution < 1.29 is 19.2 Å². The van der Waals surface area contributed by atoms with Crippen LogP contribution in [0.5, 0.6) is 0 Å². The molecule has 2 aromatic heterocycles. The Balaban J connectivity index is 1.43. The zero-order chi connectivity index (χ0) is 24.4. The van der Waals surface area contributed by atoms with Crippen molar-refractivity contribution in [2.24, 2.45) is 5.92 Å². The van der Waals surface area contributed by atoms with Crippen molar-refractivity contribution >= 4 is 23.0 Å². The molecule has 3 aromatic rings. The molecular weight excluding hydrogens is 452 g/mol. The summed E-state index contributed by atoms with van der Waals surface area (Å²) in [5.41, 5.74) is 5.01. The predicted octanol–water partition coefficient (Wildman–Crippen LogP) is 3.71. The van der Waals surface area contributed by atoms with Gasteiger partial charge in [-0.25, -0.2) is 4.98 Å². The van der Waals surface area contributed by atoms with Crippen molar-refractivity contribution in [2.45, 2.75) is 65.0 Å². The van der Waals surface area contributed by atoms with Gasteiger partial charge in [-0.1, -0.05) is 43.3 Å². The monoisotopic (exact) mass is 482 g/mol. The smallest absolute Gasteiger partial charge is 0.234 e. The van der Waals surface area contributed by atoms with E-state index >= 15 is 0 Å². The van der Waals surface area contributed by atoms with Crippen LogP contribution in [0.2, 0.25) is 0 Å². The van der Waals surface area contributed by atoms with E-state index in [4.69, 9.17) is 4.52 Å². The van der Waals surface area contributed by atoms with Gasteiger partial charge in [-0.2, -0.15) is 4.98 Å². The zero-order valence-corrected chi connectivity index (χ0v) is 20.7. The van der Waals surface area contributed by atoms with Crippen LogP contribution in [0.3, 0.4) is 0 Å². The number of hydrogen-bond acceptors (Lipinski definition) is 8. The van der Waals surface area contributed by atoms with Gasteiger partial charge in [0.15, 0.2) is 11.6 Å². The topological polar surface area (TPSA) is 109 Å². The van der Waals surface area contributed by atoms with E-state index in [1.54, 1.807) is 18.3 Å². The molecule has 1 fully saturated rings. The van der Waals surface area contributed by atoms with Gasteiger partial charge in [-0.05, 0) is 30.4 Å². The van der Waals surface area contributed by atoms with E-state index < -0.39 is 18.1 Å². The van der Waals surface area contributed by atoms with Crippen molar-refractivity contribution in [2.75, 3.05) is 6.54 Å². The van der Waals surface area contributed by atoms with E-state index in [0.29, 0.717) is 24.6 Å². The molecule has 9 heteroatoms. The van der Waals surface area contributed by atoms with Crippen molar-refractivity contribution in [3.05, 3.63) is 52.7 Å². The van der Waals surface area contributed by atoms with Crippen LogP contribution in [-0.2, 0) is 16.0 Å². The van der Waals surface area contributed by atoms with E-state index in [9.17, 15) is 14.7 Å². The molecule has 0 aliphatic carbocycles. The van der Waals surface area contributed by atoms with E-state index in [1.165, 1.54) is 4.90 Å². The molecule has 0 bridgehead atoms. The molecule has 0 saturated carbocycles. The molecular formula is C25H30N4O4S. The van der Waals surface area contributed by atoms with Crippen LogP contribution in [0, 0.1) is 19.8 Å². The van der Waals surface area contributed by atoms with Crippen molar-refractivity contribution in [1.82, 2.24) is 20.0 Å². The Bertz CT molecular complexity index is 1150. The first-order valence-electron chi connectivity index (χ1n) is 11.6. The first-order valence-corrected chi connectivity index (χ1v) is 12.4. The summed E-state index contributed by atoms with van der Waals surface area (Å²) in [7, 11) is 0. The minimum atomic E-state index is -0.723. The second kappa shape index (κ2) is 10.1. The number of nitrogens with zero attached hydrogens (tertiary/aromatic N) is 4. The van der Waals surface area contributed by atoms with Gasteiger partial charge in [-0.3, -0.25) is 9.59 Å². The van der Waals surface area contributed by atoms with Crippen molar-refractivity contribution in [1.29, 1.82) is 0 Å². The fourth-order valence-corrected chi connectivity index (χ4v) is 5.32. The third-order valence-corrected chi connectivity index (χ3v) is 7.29. The highest BCUT2D eigenvalue weighted by Crippen LogP contribution is 2.30. The van der Waals surface area contributed by atoms with Gasteiger partial charge in [0.1, 0.15) is 5.92 Å². The SMILES string of the molecule is Cc1nc([C@H](C(=O)N2C[C@H](O)C[C@H]2C(=O)CCc2ccc(-c3scnc3C)cc2)C(C)C)no1. The molecule has 1 aromatic carbocycles. The maximum Gasteiger partial charge on any atom is 0.234 e. The van der Waals surface area contributed by atoms with Crippen LogP contribution >= 0.6 is 11.3 Å². The first-order chi connectivity index (χ1) is 16.2. The average Bonchev–Trinajstić information content (AvgIpc) is 3.52. The van der Waals surface area contributed by atoms with E-state index in [-0.39, 0.29) is 30.6 Å². The molecule has 8 nitrogen and oxygen atoms in total. The lowest BCUT2D eigenvalue weighted by Crippen LogP contribution is -2.44. The molecule has 0 radical (unpaired) electrons. The number of aromatic nitrogens is 3. The average molecular weight is 483 g/mol. The molecule has 1 N–H and O–H groups in total. The number of carbonyl (C=O) groups excluding carboxylic acids is 2. The number of aliphatic hydroxyl groups excluding tert-OH is 1. The van der Waals surface area contributed by atoms with Gasteiger partial charge in [0, 0.05) is 26.3 Å². The number of thiazole rings is 1. The van der Waals surface area contributed by atoms with Gasteiger partial charge >= 0.3 is 0 Å². The number of likely N-dealkylation sites (tertiary alicyclic amines) is 1. The van der Waals surface area contributed by atoms with Gasteiger partial charge < -0.3 is 14.5 Å². The van der Waals surface area contributed by atoms with Crippen LogP contribution in [0.25, 0.3) is 10.4 Å². The quantitative estimate of drug-likeness (QED) is 0.521. The normalized spacial score (nSPS) is 19.1. The summed E-state index contributed by atoms with van der Waals surface area (Å²) >= 11 is 1.61. The summed E-state index contributed by atoms with van der Waals surface area (Å²) < 4.78 is 5.08. The molecule has 3 heterocycles. The maximum absolute atomic E-state index is 13.4. The standard InChI is InChI=1S/C25H30N4O4S/c1-14(2)22(24-27-16(4)33-28-24)25(32)29-12-19(30)11-20(29)21(31)10-7-17-5-8-18(9-6-17)23-15(3)26-13-34-23/h5-6,8-9,13-14,19-20,22,30H,7,10-12H2,1-4H3/t19-,20+,22-/m1/s1. The highest BCUT2D eigenvalue weighted by Gasteiger charge is 2.42. The largest absolute Gasteiger partial charge is 0.391 e. The van der Waals surface area contributed by atoms with E-state index in [2.05, 4.69) is 27.3 Å². The van der Waals surface area contributed by atoms with Crippen LogP contribution in [0.15, 0.2) is 34.3 Å². The molecule has 0 unspecified atom stereocenters. The number of rotatable bonds is 8. The number of ketones is 1. The number of aliphatic hydroxyl groups is 1. The van der Waals surface area contributed by atoms with Crippen molar-refractivity contribution in [3.63, 3.8) is 0 Å². The van der Waals surface area contributed by atoms with E-state index in [1.807, 2.05) is 38.4 Å². The summed E-state index contributed by atoms with van der Waals surface area (Å²) in [6.45, 7) is 7.63. The summed E-state index contributed by atoms with van der Waals surface area (Å²) in [6.07, 6.45) is 0.407. The molecule has 3 atom stereocenters. The maximum atomic E-state index is 13.4. The lowest BCUT2D eigenvalue weighted by molar-refractivity contribution is -0.140. The van der Waals surface area contributed by atoms with Gasteiger partial charge in [0.2, 0.25) is 11.8 Å². The number of benzene rings is 1. The highest BCUT2D eigenvalue weighted by atomic mass is 32.1. The molecule has 4 rings (SSSR count). The second-order valence-corrected chi connectivity index (χ2v) is 10.1. The van der Waals surface area contributed by atoms with E-state index in [0.717, 1.165) is 21.7 Å². The minimum absolute atomic E-state index is 0.0425. The molecule has 1 amide bonds. The fourth-order valence-electron chi connectivity index (χ4n) is 4.51. The molecule has 34 heavy (non-hydrogen) atoms. The number of amides is 1. The number of carbonyl (C=O) groups is 2. The Labute approximate surface area is 203 Å². The van der Waals surface area contributed by atoms with Gasteiger partial charge in [0.25, 0.3) is 0 Å². The summed E-state index contributed by atoms with van der Waals surface area (Å²) in [6, 6.07) is 7.52. The Morgan fingerprint density at radius 1 is 1.24 bits per heavy atom. The summed E-state index contributed by atoms with van der Waals surface area (Å²) in [4.78, 5) is 37.8. The number of aryl methyl sites for hydroxylation is 3. The number of β-amino-alcohol motifs (C(OH)–C–C–N with tert-alkyl or cyclic N) is 1. The Morgan fingerprint density at radius 3 is 2.56 bits per heavy atom. The summed E-state index contributed by atoms with van der Waals surface area (Å²) in [5.74, 6) is -0.283. The van der Waals surface area contributed by atoms with Crippen LogP contribution in [-0.4, -0.2) is 55.5 Å². The molecule has 1 saturated heterocycles. The number of hydrogen-bond donors (Lipinski definition) is 1. The van der Waals surface area contributed by atoms with Crippen molar-refractivity contribution in [3.8, 4) is 10.4 Å². The van der Waals surface area contributed by atoms with Crippen LogP contribution < -0.4 is 0 Å². The zero-order valence-electron chi connectivity index (χ0n) is 19.9. The van der Waals surface area contributed by atoms with Gasteiger partial charge in [-0.15, -0.1) is 11.3 Å². The molecule has 1 aliphatic heterocycles.